The fraction of sp³-hybridized carbons (Fsp3) is 0.231. The fourth-order valence-corrected chi connectivity index (χ4v) is 5.01. The number of hydrogen-bond acceptors (Lipinski definition) is 10. The minimum absolute atomic E-state index is 0.217. The van der Waals surface area contributed by atoms with Gasteiger partial charge in [0.1, 0.15) is 0 Å². The number of nitrogens with one attached hydrogen (secondary N) is 2. The number of rotatable bonds is 18. The van der Waals surface area contributed by atoms with Crippen LogP contribution in [-0.4, -0.2) is 50.4 Å². The highest BCUT2D eigenvalue weighted by atomic mass is 35.5. The van der Waals surface area contributed by atoms with Crippen molar-refractivity contribution < 1.29 is 38.1 Å². The number of benzene rings is 4. The molecule has 0 aromatic heterocycles. The Morgan fingerprint density at radius 3 is 1.30 bits per heavy atom. The first-order chi connectivity index (χ1) is 25.6. The van der Waals surface area contributed by atoms with Gasteiger partial charge in [0.15, 0.2) is 23.0 Å². The summed E-state index contributed by atoms with van der Waals surface area (Å²) >= 11 is 11.7. The van der Waals surface area contributed by atoms with Gasteiger partial charge in [0.2, 0.25) is 11.8 Å². The van der Waals surface area contributed by atoms with E-state index in [9.17, 15) is 19.2 Å². The molecular formula is C39H38Cl2N4O8. The molecule has 4 rings (SSSR count). The van der Waals surface area contributed by atoms with Crippen molar-refractivity contribution >= 4 is 59.4 Å². The van der Waals surface area contributed by atoms with Gasteiger partial charge < -0.3 is 18.9 Å². The molecule has 0 radical (unpaired) electrons. The van der Waals surface area contributed by atoms with Crippen LogP contribution < -0.4 is 29.8 Å². The summed E-state index contributed by atoms with van der Waals surface area (Å²) in [6, 6.07) is 22.5. The molecular weight excluding hydrogens is 723 g/mol. The Kier molecular flexibility index (Phi) is 15.8. The second kappa shape index (κ2) is 21.0. The Hall–Kier alpha value is -5.72. The lowest BCUT2D eigenvalue weighted by Crippen LogP contribution is -2.17. The molecule has 12 nitrogen and oxygen atoms in total. The van der Waals surface area contributed by atoms with E-state index in [2.05, 4.69) is 21.1 Å². The summed E-state index contributed by atoms with van der Waals surface area (Å²) in [5, 5.41) is 9.03. The lowest BCUT2D eigenvalue weighted by molar-refractivity contribution is -0.121. The van der Waals surface area contributed by atoms with Crippen LogP contribution in [-0.2, 0) is 9.59 Å². The van der Waals surface area contributed by atoms with Crippen LogP contribution in [0.1, 0.15) is 76.8 Å². The standard InChI is InChI=1S/C39H38Cl2N4O8/c1-50-34-22-26(10-20-32(34)52-38(48)28-12-16-30(40)17-13-28)24-42-44-36(46)8-6-4-3-5-7-9-37(47)45-43-25-27-11-21-33(35(23-27)51-2)53-39(49)29-14-18-31(41)19-15-29/h10-25H,3-9H2,1-2H3,(H,44,46)(H,45,47)/b42-24-,43-25-. The summed E-state index contributed by atoms with van der Waals surface area (Å²) in [6.45, 7) is 0. The van der Waals surface area contributed by atoms with Gasteiger partial charge >= 0.3 is 11.9 Å². The van der Waals surface area contributed by atoms with Crippen molar-refractivity contribution in [3.05, 3.63) is 117 Å². The largest absolute Gasteiger partial charge is 0.493 e. The highest BCUT2D eigenvalue weighted by Gasteiger charge is 2.14. The quantitative estimate of drug-likeness (QED) is 0.0343. The first kappa shape index (κ1) is 40.1. The van der Waals surface area contributed by atoms with Crippen LogP contribution >= 0.6 is 23.2 Å². The van der Waals surface area contributed by atoms with E-state index in [0.717, 1.165) is 19.3 Å². The van der Waals surface area contributed by atoms with Gasteiger partial charge in [-0.1, -0.05) is 42.5 Å². The lowest BCUT2D eigenvalue weighted by Gasteiger charge is -2.10. The van der Waals surface area contributed by atoms with Crippen LogP contribution in [0.5, 0.6) is 23.0 Å². The van der Waals surface area contributed by atoms with E-state index in [1.54, 1.807) is 84.9 Å². The molecule has 0 saturated heterocycles. The molecule has 0 atom stereocenters. The molecule has 0 aliphatic heterocycles. The Morgan fingerprint density at radius 1 is 0.547 bits per heavy atom. The van der Waals surface area contributed by atoms with Gasteiger partial charge in [0.25, 0.3) is 0 Å². The Balaban J connectivity index is 1.08. The summed E-state index contributed by atoms with van der Waals surface area (Å²) in [5.74, 6) is -0.414. The van der Waals surface area contributed by atoms with Crippen molar-refractivity contribution in [3.63, 3.8) is 0 Å². The summed E-state index contributed by atoms with van der Waals surface area (Å²) in [5.41, 5.74) is 6.97. The highest BCUT2D eigenvalue weighted by Crippen LogP contribution is 2.30. The molecule has 2 amide bonds. The zero-order valence-electron chi connectivity index (χ0n) is 29.1. The summed E-state index contributed by atoms with van der Waals surface area (Å²) in [4.78, 5) is 49.3. The second-order valence-corrected chi connectivity index (χ2v) is 12.3. The fourth-order valence-electron chi connectivity index (χ4n) is 4.76. The zero-order valence-corrected chi connectivity index (χ0v) is 30.6. The van der Waals surface area contributed by atoms with E-state index in [1.807, 2.05) is 0 Å². The van der Waals surface area contributed by atoms with Gasteiger partial charge in [-0.05, 0) is 109 Å². The average molecular weight is 762 g/mol. The van der Waals surface area contributed by atoms with Crippen LogP contribution in [0.15, 0.2) is 95.1 Å². The van der Waals surface area contributed by atoms with Crippen molar-refractivity contribution in [1.82, 2.24) is 10.9 Å². The smallest absolute Gasteiger partial charge is 0.343 e. The van der Waals surface area contributed by atoms with Crippen molar-refractivity contribution in [2.45, 2.75) is 44.9 Å². The number of hydrazone groups is 2. The van der Waals surface area contributed by atoms with E-state index in [0.29, 0.717) is 69.5 Å². The number of amides is 2. The maximum absolute atomic E-state index is 12.4. The maximum Gasteiger partial charge on any atom is 0.343 e. The zero-order chi connectivity index (χ0) is 38.0. The van der Waals surface area contributed by atoms with E-state index < -0.39 is 11.9 Å². The van der Waals surface area contributed by atoms with E-state index >= 15 is 0 Å². The molecule has 0 aliphatic rings. The molecule has 4 aromatic carbocycles. The van der Waals surface area contributed by atoms with Crippen LogP contribution in [0.3, 0.4) is 0 Å². The van der Waals surface area contributed by atoms with E-state index in [4.69, 9.17) is 42.1 Å². The SMILES string of the molecule is COc1cc(/C=N\NC(=O)CCCCCCCC(=O)N/N=C\c2ccc(OC(=O)c3ccc(Cl)cc3)c(OC)c2)ccc1OC(=O)c1ccc(Cl)cc1. The molecule has 0 unspecified atom stereocenters. The van der Waals surface area contributed by atoms with Crippen molar-refractivity contribution in [2.24, 2.45) is 10.2 Å². The number of carbonyl (C=O) groups excluding carboxylic acids is 4. The monoisotopic (exact) mass is 760 g/mol. The molecule has 0 heterocycles. The molecule has 53 heavy (non-hydrogen) atoms. The molecule has 2 N–H and O–H groups in total. The molecule has 0 aliphatic carbocycles. The second-order valence-electron chi connectivity index (χ2n) is 11.5. The lowest BCUT2D eigenvalue weighted by atomic mass is 10.1. The van der Waals surface area contributed by atoms with Gasteiger partial charge in [0.05, 0.1) is 37.8 Å². The number of hydrogen-bond donors (Lipinski definition) is 2. The highest BCUT2D eigenvalue weighted by molar-refractivity contribution is 6.31. The Bertz CT molecular complexity index is 1790. The first-order valence-corrected chi connectivity index (χ1v) is 17.4. The van der Waals surface area contributed by atoms with E-state index in [1.165, 1.54) is 26.6 Å². The van der Waals surface area contributed by atoms with Crippen molar-refractivity contribution in [1.29, 1.82) is 0 Å². The molecule has 0 spiro atoms. The van der Waals surface area contributed by atoms with Gasteiger partial charge in [-0.15, -0.1) is 0 Å². The predicted octanol–water partition coefficient (Wildman–Crippen LogP) is 7.78. The van der Waals surface area contributed by atoms with Crippen molar-refractivity contribution in [2.75, 3.05) is 14.2 Å². The number of carbonyl (C=O) groups is 4. The van der Waals surface area contributed by atoms with E-state index in [-0.39, 0.29) is 23.3 Å². The van der Waals surface area contributed by atoms with Crippen molar-refractivity contribution in [3.8, 4) is 23.0 Å². The number of methoxy groups -OCH3 is 2. The summed E-state index contributed by atoms with van der Waals surface area (Å²) < 4.78 is 21.6. The minimum atomic E-state index is -0.554. The Labute approximate surface area is 317 Å². The molecule has 276 valence electrons. The first-order valence-electron chi connectivity index (χ1n) is 16.6. The van der Waals surface area contributed by atoms with Gasteiger partial charge in [0, 0.05) is 22.9 Å². The molecule has 14 heteroatoms. The number of halogens is 2. The Morgan fingerprint density at radius 2 is 0.925 bits per heavy atom. The topological polar surface area (TPSA) is 154 Å². The molecule has 0 bridgehead atoms. The predicted molar refractivity (Wildman–Crippen MR) is 203 cm³/mol. The number of esters is 2. The third-order valence-electron chi connectivity index (χ3n) is 7.55. The molecule has 4 aromatic rings. The number of unbranched alkanes of at least 4 members (excludes halogenated alkanes) is 4. The van der Waals surface area contributed by atoms with Gasteiger partial charge in [-0.25, -0.2) is 20.4 Å². The third-order valence-corrected chi connectivity index (χ3v) is 8.06. The van der Waals surface area contributed by atoms with Crippen LogP contribution in [0.4, 0.5) is 0 Å². The van der Waals surface area contributed by atoms with Crippen LogP contribution in [0, 0.1) is 0 Å². The normalized spacial score (nSPS) is 10.9. The summed E-state index contributed by atoms with van der Waals surface area (Å²) in [6.07, 6.45) is 7.46. The van der Waals surface area contributed by atoms with Gasteiger partial charge in [-0.2, -0.15) is 10.2 Å². The maximum atomic E-state index is 12.4. The van der Waals surface area contributed by atoms with Gasteiger partial charge in [-0.3, -0.25) is 9.59 Å². The molecule has 0 fully saturated rings. The number of nitrogens with zero attached hydrogens (tertiary/aromatic N) is 2. The summed E-state index contributed by atoms with van der Waals surface area (Å²) in [7, 11) is 2.91. The average Bonchev–Trinajstić information content (AvgIpc) is 3.15. The third kappa shape index (κ3) is 13.4. The number of ether oxygens (including phenoxy) is 4. The minimum Gasteiger partial charge on any atom is -0.493 e. The molecule has 0 saturated carbocycles. The van der Waals surface area contributed by atoms with Crippen LogP contribution in [0.2, 0.25) is 10.0 Å². The van der Waals surface area contributed by atoms with Crippen LogP contribution in [0.25, 0.3) is 0 Å².